The normalized spacial score (nSPS) is 10.4. The summed E-state index contributed by atoms with van der Waals surface area (Å²) in [6.45, 7) is -0.402. The number of rotatable bonds is 2. The van der Waals surface area contributed by atoms with Gasteiger partial charge in [0, 0.05) is 11.1 Å². The first-order valence-electron chi connectivity index (χ1n) is 4.58. The third-order valence-corrected chi connectivity index (χ3v) is 2.09. The summed E-state index contributed by atoms with van der Waals surface area (Å²) in [5.74, 6) is -0.738. The van der Waals surface area contributed by atoms with Crippen molar-refractivity contribution in [2.75, 3.05) is 0 Å². The van der Waals surface area contributed by atoms with Gasteiger partial charge < -0.3 is 5.11 Å². The Labute approximate surface area is 90.4 Å². The molecule has 82 valence electrons. The molecule has 0 unspecified atom stereocenters. The average molecular weight is 222 g/mol. The fourth-order valence-corrected chi connectivity index (χ4v) is 1.30. The number of benzene rings is 1. The van der Waals surface area contributed by atoms with E-state index in [0.717, 1.165) is 12.4 Å². The van der Waals surface area contributed by atoms with Crippen molar-refractivity contribution in [3.8, 4) is 11.4 Å². The van der Waals surface area contributed by atoms with Crippen molar-refractivity contribution in [2.45, 2.75) is 6.61 Å². The van der Waals surface area contributed by atoms with E-state index < -0.39 is 18.2 Å². The van der Waals surface area contributed by atoms with Gasteiger partial charge in [0.2, 0.25) is 0 Å². The predicted molar refractivity (Wildman–Crippen MR) is 53.3 cm³/mol. The number of aromatic nitrogens is 2. The number of nitrogens with zero attached hydrogens (tertiary/aromatic N) is 2. The maximum absolute atomic E-state index is 13.1. The van der Waals surface area contributed by atoms with E-state index in [1.54, 1.807) is 0 Å². The lowest BCUT2D eigenvalue weighted by Crippen LogP contribution is -1.94. The van der Waals surface area contributed by atoms with E-state index in [1.165, 1.54) is 18.2 Å². The second kappa shape index (κ2) is 4.32. The Morgan fingerprint density at radius 1 is 1.12 bits per heavy atom. The van der Waals surface area contributed by atoms with Crippen LogP contribution in [0.4, 0.5) is 8.78 Å². The lowest BCUT2D eigenvalue weighted by molar-refractivity contribution is 0.276. The fraction of sp³-hybridized carbons (Fsp3) is 0.0909. The third kappa shape index (κ3) is 2.04. The molecule has 5 heteroatoms. The number of hydrogen-bond acceptors (Lipinski definition) is 3. The quantitative estimate of drug-likeness (QED) is 0.844. The van der Waals surface area contributed by atoms with Gasteiger partial charge in [-0.3, -0.25) is 0 Å². The van der Waals surface area contributed by atoms with Gasteiger partial charge in [0.25, 0.3) is 0 Å². The highest BCUT2D eigenvalue weighted by Gasteiger charge is 2.06. The van der Waals surface area contributed by atoms with Crippen LogP contribution in [-0.2, 0) is 6.61 Å². The molecule has 0 atom stereocenters. The molecule has 1 N–H and O–H groups in total. The third-order valence-electron chi connectivity index (χ3n) is 2.09. The van der Waals surface area contributed by atoms with E-state index in [2.05, 4.69) is 9.97 Å². The number of halogens is 2. The summed E-state index contributed by atoms with van der Waals surface area (Å²) in [6, 6.07) is 4.12. The molecule has 1 aromatic heterocycles. The zero-order chi connectivity index (χ0) is 11.5. The van der Waals surface area contributed by atoms with Gasteiger partial charge >= 0.3 is 0 Å². The van der Waals surface area contributed by atoms with Gasteiger partial charge in [-0.05, 0) is 18.2 Å². The maximum Gasteiger partial charge on any atom is 0.159 e. The van der Waals surface area contributed by atoms with Gasteiger partial charge in [-0.25, -0.2) is 18.7 Å². The molecule has 0 saturated heterocycles. The Morgan fingerprint density at radius 2 is 1.81 bits per heavy atom. The van der Waals surface area contributed by atoms with E-state index in [1.807, 2.05) is 0 Å². The smallest absolute Gasteiger partial charge is 0.159 e. The van der Waals surface area contributed by atoms with Crippen LogP contribution in [0.5, 0.6) is 0 Å². The highest BCUT2D eigenvalue weighted by molar-refractivity contribution is 5.55. The second-order valence-electron chi connectivity index (χ2n) is 3.19. The topological polar surface area (TPSA) is 46.0 Å². The van der Waals surface area contributed by atoms with Gasteiger partial charge in [-0.15, -0.1) is 0 Å². The Morgan fingerprint density at radius 3 is 2.44 bits per heavy atom. The molecule has 0 bridgehead atoms. The molecule has 3 nitrogen and oxygen atoms in total. The highest BCUT2D eigenvalue weighted by Crippen LogP contribution is 2.18. The van der Waals surface area contributed by atoms with Crippen molar-refractivity contribution < 1.29 is 13.9 Å². The Hall–Kier alpha value is -1.88. The molecule has 2 rings (SSSR count). The van der Waals surface area contributed by atoms with Crippen molar-refractivity contribution in [1.82, 2.24) is 9.97 Å². The van der Waals surface area contributed by atoms with Crippen LogP contribution in [0.3, 0.4) is 0 Å². The minimum absolute atomic E-state index is 0.158. The lowest BCUT2D eigenvalue weighted by atomic mass is 10.1. The molecule has 0 spiro atoms. The van der Waals surface area contributed by atoms with Crippen LogP contribution in [0.2, 0.25) is 0 Å². The zero-order valence-electron chi connectivity index (χ0n) is 8.19. The number of aliphatic hydroxyl groups is 1. The second-order valence-corrected chi connectivity index (χ2v) is 3.19. The van der Waals surface area contributed by atoms with Gasteiger partial charge in [-0.1, -0.05) is 0 Å². The minimum atomic E-state index is -0.534. The van der Waals surface area contributed by atoms with Crippen molar-refractivity contribution in [2.24, 2.45) is 0 Å². The molecule has 0 amide bonds. The Bertz CT molecular complexity index is 500. The molecule has 0 fully saturated rings. The number of aliphatic hydroxyl groups excluding tert-OH is 1. The van der Waals surface area contributed by atoms with Crippen LogP contribution in [-0.4, -0.2) is 15.1 Å². The zero-order valence-corrected chi connectivity index (χ0v) is 8.19. The van der Waals surface area contributed by atoms with E-state index >= 15 is 0 Å². The predicted octanol–water partition coefficient (Wildman–Crippen LogP) is 1.91. The summed E-state index contributed by atoms with van der Waals surface area (Å²) in [5, 5.41) is 8.89. The van der Waals surface area contributed by atoms with Crippen molar-refractivity contribution in [3.63, 3.8) is 0 Å². The summed E-state index contributed by atoms with van der Waals surface area (Å²) >= 11 is 0. The monoisotopic (exact) mass is 222 g/mol. The van der Waals surface area contributed by atoms with Crippen molar-refractivity contribution in [3.05, 3.63) is 47.8 Å². The van der Waals surface area contributed by atoms with Gasteiger partial charge in [-0.2, -0.15) is 0 Å². The lowest BCUT2D eigenvalue weighted by Gasteiger charge is -2.03. The van der Waals surface area contributed by atoms with Gasteiger partial charge in [0.1, 0.15) is 5.82 Å². The minimum Gasteiger partial charge on any atom is -0.392 e. The van der Waals surface area contributed by atoms with Crippen molar-refractivity contribution in [1.29, 1.82) is 0 Å². The van der Waals surface area contributed by atoms with E-state index in [0.29, 0.717) is 5.56 Å². The summed E-state index contributed by atoms with van der Waals surface area (Å²) in [6.07, 6.45) is 2.06. The van der Waals surface area contributed by atoms with Gasteiger partial charge in [0.05, 0.1) is 19.0 Å². The summed E-state index contributed by atoms with van der Waals surface area (Å²) in [4.78, 5) is 7.53. The van der Waals surface area contributed by atoms with E-state index in [-0.39, 0.29) is 11.4 Å². The number of hydrogen-bond donors (Lipinski definition) is 1. The molecular formula is C11H8F2N2O. The molecule has 0 aliphatic heterocycles. The van der Waals surface area contributed by atoms with Crippen LogP contribution in [0, 0.1) is 11.6 Å². The van der Waals surface area contributed by atoms with Crippen molar-refractivity contribution >= 4 is 0 Å². The van der Waals surface area contributed by atoms with E-state index in [9.17, 15) is 8.78 Å². The molecule has 0 aliphatic rings. The van der Waals surface area contributed by atoms with Gasteiger partial charge in [0.15, 0.2) is 11.6 Å². The first kappa shape index (κ1) is 10.6. The van der Waals surface area contributed by atoms with Crippen LogP contribution < -0.4 is 0 Å². The Kier molecular flexibility index (Phi) is 2.87. The molecule has 2 aromatic rings. The Balaban J connectivity index is 2.44. The summed E-state index contributed by atoms with van der Waals surface area (Å²) in [5.41, 5.74) is 0.691. The molecule has 16 heavy (non-hydrogen) atoms. The largest absolute Gasteiger partial charge is 0.392 e. The van der Waals surface area contributed by atoms with Crippen LogP contribution in [0.1, 0.15) is 5.56 Å². The molecule has 0 saturated carbocycles. The van der Waals surface area contributed by atoms with Crippen LogP contribution in [0.25, 0.3) is 11.4 Å². The maximum atomic E-state index is 13.1. The first-order valence-corrected chi connectivity index (χ1v) is 4.58. The molecular weight excluding hydrogens is 214 g/mol. The highest BCUT2D eigenvalue weighted by atomic mass is 19.1. The fourth-order valence-electron chi connectivity index (χ4n) is 1.30. The summed E-state index contributed by atoms with van der Waals surface area (Å²) < 4.78 is 25.7. The average Bonchev–Trinajstić information content (AvgIpc) is 2.31. The molecule has 1 heterocycles. The molecule has 0 aliphatic carbocycles. The first-order chi connectivity index (χ1) is 7.70. The molecule has 1 aromatic carbocycles. The standard InChI is InChI=1S/C11H8F2N2O/c12-9-4-14-11(15-5-9)7-1-2-10(13)8(3-7)6-16/h1-5,16H,6H2. The SMILES string of the molecule is OCc1cc(-c2ncc(F)cn2)ccc1F. The summed E-state index contributed by atoms with van der Waals surface area (Å²) in [7, 11) is 0. The van der Waals surface area contributed by atoms with Crippen LogP contribution in [0.15, 0.2) is 30.6 Å². The van der Waals surface area contributed by atoms with E-state index in [4.69, 9.17) is 5.11 Å². The van der Waals surface area contributed by atoms with Crippen LogP contribution >= 0.6 is 0 Å². The molecule has 0 radical (unpaired) electrons.